The van der Waals surface area contributed by atoms with Crippen molar-refractivity contribution >= 4 is 40.8 Å². The topological polar surface area (TPSA) is 115 Å². The number of esters is 1. The number of carbonyl (C=O) groups excluding carboxylic acids is 3. The number of rotatable bonds is 8. The highest BCUT2D eigenvalue weighted by atomic mass is 32.1. The van der Waals surface area contributed by atoms with E-state index in [4.69, 9.17) is 14.9 Å². The number of amidine groups is 1. The summed E-state index contributed by atoms with van der Waals surface area (Å²) in [4.78, 5) is 42.5. The minimum atomic E-state index is -0.399. The Morgan fingerprint density at radius 3 is 2.44 bits per heavy atom. The fourth-order valence-corrected chi connectivity index (χ4v) is 4.82. The number of anilines is 1. The van der Waals surface area contributed by atoms with Crippen LogP contribution in [0.1, 0.15) is 29.8 Å². The molecule has 2 N–H and O–H groups in total. The number of carbonyl (C=O) groups is 3. The largest absolute Gasteiger partial charge is 0.462 e. The van der Waals surface area contributed by atoms with Crippen molar-refractivity contribution in [3.63, 3.8) is 0 Å². The van der Waals surface area contributed by atoms with Gasteiger partial charge in [0.2, 0.25) is 0 Å². The van der Waals surface area contributed by atoms with Gasteiger partial charge in [-0.3, -0.25) is 29.7 Å². The molecule has 2 saturated heterocycles. The highest BCUT2D eigenvalue weighted by Crippen LogP contribution is 2.23. The van der Waals surface area contributed by atoms with Gasteiger partial charge in [0.25, 0.3) is 5.91 Å². The second kappa shape index (κ2) is 11.6. The van der Waals surface area contributed by atoms with Crippen LogP contribution in [0.15, 0.2) is 41.1 Å². The summed E-state index contributed by atoms with van der Waals surface area (Å²) in [6.45, 7) is 8.14. The maximum Gasteiger partial charge on any atom is 0.414 e. The molecule has 2 fully saturated rings. The Hall–Kier alpha value is -3.28. The second-order valence-corrected chi connectivity index (χ2v) is 9.90. The average molecular weight is 514 g/mol. The van der Waals surface area contributed by atoms with Crippen LogP contribution in [0.2, 0.25) is 0 Å². The van der Waals surface area contributed by atoms with Gasteiger partial charge >= 0.3 is 12.1 Å². The molecule has 2 aliphatic rings. The lowest BCUT2D eigenvalue weighted by molar-refractivity contribution is -0.149. The summed E-state index contributed by atoms with van der Waals surface area (Å²) < 4.78 is 10.8. The van der Waals surface area contributed by atoms with E-state index in [-0.39, 0.29) is 29.9 Å². The molecule has 1 atom stereocenters. The minimum absolute atomic E-state index is 0.00349. The third-order valence-corrected chi connectivity index (χ3v) is 6.69. The number of nitrogens with one attached hydrogen (secondary N) is 2. The van der Waals surface area contributed by atoms with Gasteiger partial charge in [-0.1, -0.05) is 0 Å². The lowest BCUT2D eigenvalue weighted by atomic mass is 10.1. The summed E-state index contributed by atoms with van der Waals surface area (Å²) in [5.74, 6) is -0.534. The van der Waals surface area contributed by atoms with Crippen molar-refractivity contribution in [3.8, 4) is 0 Å². The third-order valence-electron chi connectivity index (χ3n) is 6.01. The molecule has 0 aliphatic carbocycles. The molecule has 0 spiro atoms. The Bertz CT molecular complexity index is 1080. The third kappa shape index (κ3) is 6.68. The van der Waals surface area contributed by atoms with E-state index in [1.165, 1.54) is 11.3 Å². The van der Waals surface area contributed by atoms with Gasteiger partial charge in [0.15, 0.2) is 0 Å². The zero-order chi connectivity index (χ0) is 25.7. The van der Waals surface area contributed by atoms with Crippen LogP contribution in [0.3, 0.4) is 0 Å². The number of nitrogens with zero attached hydrogens (tertiary/aromatic N) is 3. The smallest absolute Gasteiger partial charge is 0.414 e. The highest BCUT2D eigenvalue weighted by Gasteiger charge is 2.34. The molecule has 2 aliphatic heterocycles. The van der Waals surface area contributed by atoms with Gasteiger partial charge in [-0.2, -0.15) is 11.3 Å². The minimum Gasteiger partial charge on any atom is -0.462 e. The van der Waals surface area contributed by atoms with Crippen molar-refractivity contribution < 1.29 is 23.9 Å². The molecule has 2 amide bonds. The molecule has 0 bridgehead atoms. The van der Waals surface area contributed by atoms with E-state index in [1.54, 1.807) is 40.6 Å². The fraction of sp³-hybridized carbons (Fsp3) is 0.440. The van der Waals surface area contributed by atoms with E-state index < -0.39 is 6.09 Å². The van der Waals surface area contributed by atoms with Gasteiger partial charge < -0.3 is 14.8 Å². The van der Waals surface area contributed by atoms with E-state index in [2.05, 4.69) is 15.1 Å². The molecular weight excluding hydrogens is 482 g/mol. The van der Waals surface area contributed by atoms with E-state index in [0.29, 0.717) is 36.4 Å². The van der Waals surface area contributed by atoms with Crippen molar-refractivity contribution in [1.82, 2.24) is 15.1 Å². The fourth-order valence-electron chi connectivity index (χ4n) is 4.19. The molecule has 11 heteroatoms. The van der Waals surface area contributed by atoms with Gasteiger partial charge in [-0.05, 0) is 49.6 Å². The standard InChI is InChI=1S/C25H31N5O5S/c1-17(2)34-22(31)15-29-10-8-28(9-11-29)13-21-14-30(25(33)35-21)20-5-3-18(4-6-20)23(26)27-24(32)19-7-12-36-16-19/h3-7,12,16-17,21H,8-11,13-15H2,1-2H3,(H2,26,27,32). The van der Waals surface area contributed by atoms with Gasteiger partial charge in [-0.25, -0.2) is 4.79 Å². The molecule has 1 aromatic heterocycles. The summed E-state index contributed by atoms with van der Waals surface area (Å²) in [5.41, 5.74) is 1.74. The van der Waals surface area contributed by atoms with Crippen LogP contribution in [0.4, 0.5) is 10.5 Å². The van der Waals surface area contributed by atoms with Gasteiger partial charge in [0, 0.05) is 49.4 Å². The predicted octanol–water partition coefficient (Wildman–Crippen LogP) is 2.40. The van der Waals surface area contributed by atoms with Crippen molar-refractivity contribution in [2.24, 2.45) is 0 Å². The first-order valence-electron chi connectivity index (χ1n) is 11.9. The van der Waals surface area contributed by atoms with Gasteiger partial charge in [0.1, 0.15) is 11.9 Å². The number of hydrogen-bond donors (Lipinski definition) is 2. The van der Waals surface area contributed by atoms with Crippen LogP contribution in [0, 0.1) is 5.41 Å². The Balaban J connectivity index is 1.24. The van der Waals surface area contributed by atoms with Crippen LogP contribution in [-0.2, 0) is 14.3 Å². The summed E-state index contributed by atoms with van der Waals surface area (Å²) >= 11 is 1.42. The number of piperazine rings is 1. The molecule has 0 saturated carbocycles. The molecule has 2 aromatic rings. The van der Waals surface area contributed by atoms with Crippen molar-refractivity contribution in [2.45, 2.75) is 26.1 Å². The summed E-state index contributed by atoms with van der Waals surface area (Å²) in [6, 6.07) is 8.61. The lowest BCUT2D eigenvalue weighted by Crippen LogP contribution is -2.50. The van der Waals surface area contributed by atoms with E-state index in [1.807, 2.05) is 19.2 Å². The Kier molecular flexibility index (Phi) is 8.34. The average Bonchev–Trinajstić information content (AvgIpc) is 3.50. The number of thiophene rings is 1. The quantitative estimate of drug-likeness (QED) is 0.316. The number of benzene rings is 1. The van der Waals surface area contributed by atoms with Crippen molar-refractivity contribution in [1.29, 1.82) is 5.41 Å². The number of ether oxygens (including phenoxy) is 2. The highest BCUT2D eigenvalue weighted by molar-refractivity contribution is 7.08. The molecule has 1 aromatic carbocycles. The number of amides is 2. The second-order valence-electron chi connectivity index (χ2n) is 9.12. The summed E-state index contributed by atoms with van der Waals surface area (Å²) in [6.07, 6.45) is -0.763. The van der Waals surface area contributed by atoms with E-state index >= 15 is 0 Å². The first kappa shape index (κ1) is 25.8. The van der Waals surface area contributed by atoms with E-state index in [9.17, 15) is 14.4 Å². The van der Waals surface area contributed by atoms with Gasteiger partial charge in [0.05, 0.1) is 24.8 Å². The molecule has 0 radical (unpaired) electrons. The van der Waals surface area contributed by atoms with E-state index in [0.717, 1.165) is 26.2 Å². The molecule has 4 rings (SSSR count). The SMILES string of the molecule is CC(C)OC(=O)CN1CCN(CC2CN(c3ccc(C(=N)NC(=O)c4ccsc4)cc3)C(=O)O2)CC1. The van der Waals surface area contributed by atoms with Crippen molar-refractivity contribution in [2.75, 3.05) is 50.7 Å². The molecule has 36 heavy (non-hydrogen) atoms. The maximum atomic E-state index is 12.5. The molecular formula is C25H31N5O5S. The molecule has 192 valence electrons. The Labute approximate surface area is 214 Å². The van der Waals surface area contributed by atoms with Gasteiger partial charge in [-0.15, -0.1) is 0 Å². The maximum absolute atomic E-state index is 12.5. The first-order valence-corrected chi connectivity index (χ1v) is 12.9. The summed E-state index contributed by atoms with van der Waals surface area (Å²) in [7, 11) is 0. The predicted molar refractivity (Wildman–Crippen MR) is 137 cm³/mol. The molecule has 10 nitrogen and oxygen atoms in total. The van der Waals surface area contributed by atoms with Crippen LogP contribution in [0.25, 0.3) is 0 Å². The zero-order valence-corrected chi connectivity index (χ0v) is 21.3. The van der Waals surface area contributed by atoms with Crippen molar-refractivity contribution in [3.05, 3.63) is 52.2 Å². The Morgan fingerprint density at radius 1 is 1.11 bits per heavy atom. The first-order chi connectivity index (χ1) is 17.3. The van der Waals surface area contributed by atoms with Crippen LogP contribution in [-0.4, -0.2) is 91.6 Å². The van der Waals surface area contributed by atoms with Crippen LogP contribution in [0.5, 0.6) is 0 Å². The number of hydrogen-bond acceptors (Lipinski definition) is 9. The Morgan fingerprint density at radius 2 is 1.81 bits per heavy atom. The lowest BCUT2D eigenvalue weighted by Gasteiger charge is -2.34. The molecule has 1 unspecified atom stereocenters. The van der Waals surface area contributed by atoms with Crippen LogP contribution >= 0.6 is 11.3 Å². The molecule has 3 heterocycles. The summed E-state index contributed by atoms with van der Waals surface area (Å²) in [5, 5.41) is 14.3. The normalized spacial score (nSPS) is 18.8. The van der Waals surface area contributed by atoms with Crippen LogP contribution < -0.4 is 10.2 Å². The zero-order valence-electron chi connectivity index (χ0n) is 20.4. The number of cyclic esters (lactones) is 1. The monoisotopic (exact) mass is 513 g/mol.